The highest BCUT2D eigenvalue weighted by molar-refractivity contribution is 6.02. The van der Waals surface area contributed by atoms with Crippen LogP contribution < -0.4 is 0 Å². The molecule has 0 saturated heterocycles. The number of ether oxygens (including phenoxy) is 1. The average Bonchev–Trinajstić information content (AvgIpc) is 2.73. The number of fused-ring (bicyclic) bond motifs is 3. The maximum absolute atomic E-state index is 6.23. The Hall–Kier alpha value is -3.16. The van der Waals surface area contributed by atoms with Gasteiger partial charge in [-0.05, 0) is 49.5 Å². The minimum atomic E-state index is 0.602. The van der Waals surface area contributed by atoms with E-state index in [9.17, 15) is 0 Å². The second-order valence-corrected chi connectivity index (χ2v) is 6.93. The molecule has 0 radical (unpaired) electrons. The third kappa shape index (κ3) is 2.97. The lowest BCUT2D eigenvalue weighted by Gasteiger charge is -2.13. The lowest BCUT2D eigenvalue weighted by atomic mass is 9.97. The van der Waals surface area contributed by atoms with Gasteiger partial charge >= 0.3 is 0 Å². The molecular formula is C26H20O. The van der Waals surface area contributed by atoms with Crippen molar-refractivity contribution in [3.8, 4) is 0 Å². The highest BCUT2D eigenvalue weighted by Crippen LogP contribution is 2.29. The Balaban J connectivity index is 1.50. The Kier molecular flexibility index (Phi) is 4.08. The number of benzene rings is 5. The summed E-state index contributed by atoms with van der Waals surface area (Å²) in [6.45, 7) is 1.21. The van der Waals surface area contributed by atoms with Crippen molar-refractivity contribution in [1.29, 1.82) is 0 Å². The first-order valence-corrected chi connectivity index (χ1v) is 9.34. The molecule has 0 unspecified atom stereocenters. The summed E-state index contributed by atoms with van der Waals surface area (Å²) in [5, 5.41) is 7.60. The van der Waals surface area contributed by atoms with E-state index in [1.54, 1.807) is 0 Å². The Morgan fingerprint density at radius 2 is 1.04 bits per heavy atom. The predicted molar refractivity (Wildman–Crippen MR) is 114 cm³/mol. The fourth-order valence-electron chi connectivity index (χ4n) is 3.94. The van der Waals surface area contributed by atoms with Gasteiger partial charge in [-0.25, -0.2) is 0 Å². The lowest BCUT2D eigenvalue weighted by Crippen LogP contribution is -1.97. The summed E-state index contributed by atoms with van der Waals surface area (Å²) in [5.41, 5.74) is 2.50. The van der Waals surface area contributed by atoms with E-state index in [1.165, 1.54) is 43.4 Å². The van der Waals surface area contributed by atoms with Gasteiger partial charge in [-0.2, -0.15) is 0 Å². The van der Waals surface area contributed by atoms with Gasteiger partial charge in [-0.3, -0.25) is 0 Å². The molecule has 0 aliphatic heterocycles. The zero-order valence-electron chi connectivity index (χ0n) is 15.1. The molecule has 5 rings (SSSR count). The van der Waals surface area contributed by atoms with Crippen LogP contribution in [0.2, 0.25) is 0 Å². The van der Waals surface area contributed by atoms with Crippen LogP contribution in [0.15, 0.2) is 97.1 Å². The van der Waals surface area contributed by atoms with Crippen LogP contribution in [0.3, 0.4) is 0 Å². The van der Waals surface area contributed by atoms with Crippen LogP contribution in [-0.2, 0) is 18.0 Å². The van der Waals surface area contributed by atoms with Crippen LogP contribution in [0.4, 0.5) is 0 Å². The van der Waals surface area contributed by atoms with Crippen molar-refractivity contribution in [1.82, 2.24) is 0 Å². The first-order chi connectivity index (χ1) is 13.4. The van der Waals surface area contributed by atoms with Crippen LogP contribution in [-0.4, -0.2) is 0 Å². The van der Waals surface area contributed by atoms with Gasteiger partial charge in [0.2, 0.25) is 0 Å². The summed E-state index contributed by atoms with van der Waals surface area (Å²) in [7, 11) is 0. The first-order valence-electron chi connectivity index (χ1n) is 9.34. The minimum Gasteiger partial charge on any atom is -0.372 e. The third-order valence-electron chi connectivity index (χ3n) is 5.27. The van der Waals surface area contributed by atoms with Crippen molar-refractivity contribution >= 4 is 32.3 Å². The molecule has 0 N–H and O–H groups in total. The molecule has 0 aromatic heterocycles. The molecule has 0 saturated carbocycles. The maximum Gasteiger partial charge on any atom is 0.0733 e. The summed E-state index contributed by atoms with van der Waals surface area (Å²) in [4.78, 5) is 0. The smallest absolute Gasteiger partial charge is 0.0733 e. The number of rotatable bonds is 4. The van der Waals surface area contributed by atoms with Crippen molar-refractivity contribution in [2.24, 2.45) is 0 Å². The maximum atomic E-state index is 6.23. The molecule has 0 bridgehead atoms. The number of hydrogen-bond acceptors (Lipinski definition) is 1. The Morgan fingerprint density at radius 1 is 0.481 bits per heavy atom. The molecule has 130 valence electrons. The van der Waals surface area contributed by atoms with E-state index < -0.39 is 0 Å². The zero-order valence-corrected chi connectivity index (χ0v) is 15.1. The molecule has 1 heteroatoms. The average molecular weight is 348 g/mol. The molecule has 0 atom stereocenters. The van der Waals surface area contributed by atoms with Crippen molar-refractivity contribution in [3.05, 3.63) is 108 Å². The molecule has 1 nitrogen and oxygen atoms in total. The van der Waals surface area contributed by atoms with Gasteiger partial charge in [0.15, 0.2) is 0 Å². The summed E-state index contributed by atoms with van der Waals surface area (Å²) >= 11 is 0. The van der Waals surface area contributed by atoms with Gasteiger partial charge in [0.05, 0.1) is 13.2 Å². The molecule has 5 aromatic carbocycles. The van der Waals surface area contributed by atoms with E-state index in [1.807, 2.05) is 0 Å². The van der Waals surface area contributed by atoms with E-state index >= 15 is 0 Å². The molecule has 5 aromatic rings. The predicted octanol–water partition coefficient (Wildman–Crippen LogP) is 6.86. The van der Waals surface area contributed by atoms with E-state index in [4.69, 9.17) is 4.74 Å². The molecule has 0 aliphatic carbocycles. The van der Waals surface area contributed by atoms with Crippen LogP contribution in [0.25, 0.3) is 32.3 Å². The van der Waals surface area contributed by atoms with Crippen LogP contribution in [0, 0.1) is 0 Å². The lowest BCUT2D eigenvalue weighted by molar-refractivity contribution is 0.109. The molecule has 0 amide bonds. The Morgan fingerprint density at radius 3 is 1.74 bits per heavy atom. The third-order valence-corrected chi connectivity index (χ3v) is 5.27. The van der Waals surface area contributed by atoms with Gasteiger partial charge in [0.1, 0.15) is 0 Å². The molecule has 0 fully saturated rings. The number of hydrogen-bond donors (Lipinski definition) is 0. The summed E-state index contributed by atoms with van der Waals surface area (Å²) in [6, 6.07) is 34.3. The van der Waals surface area contributed by atoms with Crippen LogP contribution in [0.1, 0.15) is 11.1 Å². The first kappa shape index (κ1) is 16.0. The molecular weight excluding hydrogens is 328 g/mol. The zero-order chi connectivity index (χ0) is 18.1. The normalized spacial score (nSPS) is 11.4. The molecule has 0 aliphatic rings. The molecule has 0 spiro atoms. The quantitative estimate of drug-likeness (QED) is 0.322. The van der Waals surface area contributed by atoms with Gasteiger partial charge in [-0.1, -0.05) is 91.0 Å². The summed E-state index contributed by atoms with van der Waals surface area (Å²) in [5.74, 6) is 0. The minimum absolute atomic E-state index is 0.602. The van der Waals surface area contributed by atoms with Crippen molar-refractivity contribution in [3.63, 3.8) is 0 Å². The van der Waals surface area contributed by atoms with Crippen molar-refractivity contribution in [2.75, 3.05) is 0 Å². The van der Waals surface area contributed by atoms with Gasteiger partial charge in [0.25, 0.3) is 0 Å². The van der Waals surface area contributed by atoms with E-state index in [0.717, 1.165) is 0 Å². The topological polar surface area (TPSA) is 9.23 Å². The molecule has 27 heavy (non-hydrogen) atoms. The van der Waals surface area contributed by atoms with Crippen molar-refractivity contribution in [2.45, 2.75) is 13.2 Å². The Bertz CT molecular complexity index is 1190. The Labute approximate surface area is 158 Å². The van der Waals surface area contributed by atoms with Crippen LogP contribution >= 0.6 is 0 Å². The second kappa shape index (κ2) is 6.86. The fraction of sp³-hybridized carbons (Fsp3) is 0.0769. The van der Waals surface area contributed by atoms with Gasteiger partial charge in [-0.15, -0.1) is 0 Å². The second-order valence-electron chi connectivity index (χ2n) is 6.93. The van der Waals surface area contributed by atoms with Crippen LogP contribution in [0.5, 0.6) is 0 Å². The summed E-state index contributed by atoms with van der Waals surface area (Å²) < 4.78 is 6.23. The van der Waals surface area contributed by atoms with E-state index in [-0.39, 0.29) is 0 Å². The summed E-state index contributed by atoms with van der Waals surface area (Å²) in [6.07, 6.45) is 0. The highest BCUT2D eigenvalue weighted by atomic mass is 16.5. The standard InChI is InChI=1S/C26H20O/c1-4-13-23-19(8-1)11-7-12-22(23)17-27-18-26-24-14-5-2-9-20(24)16-21-10-3-6-15-25(21)26/h1-16H,17-18H2. The fourth-order valence-corrected chi connectivity index (χ4v) is 3.94. The van der Waals surface area contributed by atoms with E-state index in [2.05, 4.69) is 97.1 Å². The highest BCUT2D eigenvalue weighted by Gasteiger charge is 2.08. The largest absolute Gasteiger partial charge is 0.372 e. The molecule has 0 heterocycles. The SMILES string of the molecule is c1ccc2c(COCc3c4ccccc4cc4ccccc34)cccc2c1. The van der Waals surface area contributed by atoms with Gasteiger partial charge in [0, 0.05) is 0 Å². The van der Waals surface area contributed by atoms with E-state index in [0.29, 0.717) is 13.2 Å². The van der Waals surface area contributed by atoms with Crippen molar-refractivity contribution < 1.29 is 4.74 Å². The monoisotopic (exact) mass is 348 g/mol. The van der Waals surface area contributed by atoms with Gasteiger partial charge < -0.3 is 4.74 Å².